The van der Waals surface area contributed by atoms with Crippen LogP contribution in [-0.4, -0.2) is 25.8 Å². The van der Waals surface area contributed by atoms with E-state index < -0.39 is 0 Å². The van der Waals surface area contributed by atoms with Gasteiger partial charge in [-0.25, -0.2) is 9.97 Å². The SMILES string of the molecule is CC(=O)Nc1ccccc1-c1cc2cc3nc(cc4ccc(cc5nc(cc1[nH]2)C=C5)[nH]4)C=C3. The molecule has 2 aliphatic heterocycles. The molecule has 164 valence electrons. The van der Waals surface area contributed by atoms with Gasteiger partial charge in [0, 0.05) is 45.8 Å². The number of aromatic nitrogens is 4. The Bertz CT molecular complexity index is 1670. The van der Waals surface area contributed by atoms with Crippen LogP contribution in [-0.2, 0) is 4.79 Å². The lowest BCUT2D eigenvalue weighted by atomic mass is 10.0. The summed E-state index contributed by atoms with van der Waals surface area (Å²) in [6, 6.07) is 22.0. The van der Waals surface area contributed by atoms with Gasteiger partial charge in [-0.1, -0.05) is 18.2 Å². The fourth-order valence-electron chi connectivity index (χ4n) is 4.26. The fourth-order valence-corrected chi connectivity index (χ4v) is 4.26. The summed E-state index contributed by atoms with van der Waals surface area (Å²) in [5, 5.41) is 2.94. The summed E-state index contributed by atoms with van der Waals surface area (Å²) in [6.07, 6.45) is 8.00. The van der Waals surface area contributed by atoms with E-state index in [2.05, 4.69) is 21.4 Å². The normalized spacial score (nSPS) is 12.1. The van der Waals surface area contributed by atoms with Crippen LogP contribution in [0.25, 0.3) is 57.5 Å². The summed E-state index contributed by atoms with van der Waals surface area (Å²) >= 11 is 0. The van der Waals surface area contributed by atoms with Crippen molar-refractivity contribution in [1.29, 1.82) is 0 Å². The Morgan fingerprint density at radius 3 is 1.91 bits per heavy atom. The minimum absolute atomic E-state index is 0.110. The van der Waals surface area contributed by atoms with Crippen LogP contribution in [0.5, 0.6) is 0 Å². The van der Waals surface area contributed by atoms with E-state index in [0.29, 0.717) is 0 Å². The molecule has 5 heterocycles. The topological polar surface area (TPSA) is 86.5 Å². The van der Waals surface area contributed by atoms with Crippen molar-refractivity contribution in [2.75, 3.05) is 5.32 Å². The lowest BCUT2D eigenvalue weighted by Crippen LogP contribution is -2.06. The molecular formula is C28H21N5O. The second-order valence-electron chi connectivity index (χ2n) is 8.31. The summed E-state index contributed by atoms with van der Waals surface area (Å²) in [7, 11) is 0. The molecular weight excluding hydrogens is 422 g/mol. The van der Waals surface area contributed by atoms with Crippen LogP contribution in [0, 0.1) is 0 Å². The van der Waals surface area contributed by atoms with Crippen LogP contribution < -0.4 is 5.32 Å². The van der Waals surface area contributed by atoms with Gasteiger partial charge < -0.3 is 15.3 Å². The first-order chi connectivity index (χ1) is 16.6. The summed E-state index contributed by atoms with van der Waals surface area (Å²) in [5.74, 6) is -0.110. The zero-order chi connectivity index (χ0) is 23.1. The molecule has 1 amide bonds. The number of amides is 1. The van der Waals surface area contributed by atoms with Gasteiger partial charge in [-0.3, -0.25) is 4.79 Å². The zero-order valence-corrected chi connectivity index (χ0v) is 18.5. The van der Waals surface area contributed by atoms with Crippen LogP contribution in [0.15, 0.2) is 66.7 Å². The van der Waals surface area contributed by atoms with Gasteiger partial charge in [0.05, 0.1) is 22.8 Å². The molecule has 8 bridgehead atoms. The quantitative estimate of drug-likeness (QED) is 0.294. The number of carbonyl (C=O) groups excluding carboxylic acids is 1. The molecule has 2 aliphatic rings. The second kappa shape index (κ2) is 8.01. The Kier molecular flexibility index (Phi) is 4.70. The van der Waals surface area contributed by atoms with Crippen LogP contribution in [0.2, 0.25) is 0 Å². The second-order valence-corrected chi connectivity index (χ2v) is 8.31. The molecule has 6 heteroatoms. The van der Waals surface area contributed by atoms with Gasteiger partial charge >= 0.3 is 0 Å². The molecule has 4 aromatic rings. The minimum Gasteiger partial charge on any atom is -0.355 e. The summed E-state index contributed by atoms with van der Waals surface area (Å²) in [4.78, 5) is 28.2. The van der Waals surface area contributed by atoms with Crippen molar-refractivity contribution in [3.8, 4) is 11.1 Å². The van der Waals surface area contributed by atoms with E-state index in [1.165, 1.54) is 6.92 Å². The predicted octanol–water partition coefficient (Wildman–Crippen LogP) is 6.28. The molecule has 0 unspecified atom stereocenters. The van der Waals surface area contributed by atoms with Gasteiger partial charge in [-0.05, 0) is 72.8 Å². The number of para-hydroxylation sites is 1. The number of H-pyrrole nitrogens is 2. The highest BCUT2D eigenvalue weighted by Gasteiger charge is 2.11. The molecule has 3 aromatic heterocycles. The number of nitrogens with one attached hydrogen (secondary N) is 3. The Morgan fingerprint density at radius 2 is 1.26 bits per heavy atom. The third-order valence-electron chi connectivity index (χ3n) is 5.70. The number of hydrogen-bond donors (Lipinski definition) is 3. The van der Waals surface area contributed by atoms with E-state index in [1.807, 2.05) is 85.0 Å². The van der Waals surface area contributed by atoms with E-state index in [-0.39, 0.29) is 5.91 Å². The van der Waals surface area contributed by atoms with Crippen molar-refractivity contribution < 1.29 is 4.79 Å². The van der Waals surface area contributed by atoms with Gasteiger partial charge in [0.15, 0.2) is 0 Å². The van der Waals surface area contributed by atoms with Crippen LogP contribution in [0.4, 0.5) is 5.69 Å². The van der Waals surface area contributed by atoms with E-state index in [4.69, 9.17) is 9.97 Å². The number of nitrogens with zero attached hydrogens (tertiary/aromatic N) is 2. The van der Waals surface area contributed by atoms with Gasteiger partial charge in [0.25, 0.3) is 0 Å². The average Bonchev–Trinajstić information content (AvgIpc) is 3.59. The van der Waals surface area contributed by atoms with E-state index in [9.17, 15) is 4.79 Å². The van der Waals surface area contributed by atoms with E-state index in [1.54, 1.807) is 0 Å². The summed E-state index contributed by atoms with van der Waals surface area (Å²) in [6.45, 7) is 1.52. The number of carbonyl (C=O) groups is 1. The van der Waals surface area contributed by atoms with Gasteiger partial charge in [-0.15, -0.1) is 0 Å². The number of aromatic amines is 2. The first kappa shape index (κ1) is 19.9. The maximum Gasteiger partial charge on any atom is 0.221 e. The molecule has 3 N–H and O–H groups in total. The predicted molar refractivity (Wildman–Crippen MR) is 139 cm³/mol. The van der Waals surface area contributed by atoms with Crippen LogP contribution >= 0.6 is 0 Å². The average molecular weight is 444 g/mol. The van der Waals surface area contributed by atoms with E-state index >= 15 is 0 Å². The lowest BCUT2D eigenvalue weighted by molar-refractivity contribution is -0.114. The summed E-state index contributed by atoms with van der Waals surface area (Å²) < 4.78 is 0. The van der Waals surface area contributed by atoms with Gasteiger partial charge in [-0.2, -0.15) is 0 Å². The molecule has 6 rings (SSSR count). The summed E-state index contributed by atoms with van der Waals surface area (Å²) in [5.41, 5.74) is 9.91. The first-order valence-electron chi connectivity index (χ1n) is 11.0. The number of benzene rings is 1. The number of fused-ring (bicyclic) bond motifs is 8. The first-order valence-corrected chi connectivity index (χ1v) is 11.0. The Morgan fingerprint density at radius 1 is 0.676 bits per heavy atom. The molecule has 34 heavy (non-hydrogen) atoms. The third kappa shape index (κ3) is 3.93. The lowest BCUT2D eigenvalue weighted by Gasteiger charge is -2.08. The number of anilines is 1. The maximum atomic E-state index is 11.8. The molecule has 1 aromatic carbocycles. The Balaban J connectivity index is 1.65. The monoisotopic (exact) mass is 443 g/mol. The molecule has 0 spiro atoms. The largest absolute Gasteiger partial charge is 0.355 e. The van der Waals surface area contributed by atoms with Crippen LogP contribution in [0.3, 0.4) is 0 Å². The van der Waals surface area contributed by atoms with Gasteiger partial charge in [0.1, 0.15) is 0 Å². The molecule has 0 saturated carbocycles. The molecule has 0 saturated heterocycles. The van der Waals surface area contributed by atoms with Crippen molar-refractivity contribution >= 4 is 58.0 Å². The molecule has 6 nitrogen and oxygen atoms in total. The molecule has 0 aliphatic carbocycles. The fraction of sp³-hybridized carbons (Fsp3) is 0.0357. The highest BCUT2D eigenvalue weighted by atomic mass is 16.1. The molecule has 0 atom stereocenters. The zero-order valence-electron chi connectivity index (χ0n) is 18.5. The maximum absolute atomic E-state index is 11.8. The minimum atomic E-state index is -0.110. The van der Waals surface area contributed by atoms with Gasteiger partial charge in [0.2, 0.25) is 5.91 Å². The smallest absolute Gasteiger partial charge is 0.221 e. The highest BCUT2D eigenvalue weighted by Crippen LogP contribution is 2.33. The number of rotatable bonds is 2. The van der Waals surface area contributed by atoms with Crippen LogP contribution in [0.1, 0.15) is 29.7 Å². The van der Waals surface area contributed by atoms with E-state index in [0.717, 1.165) is 61.7 Å². The van der Waals surface area contributed by atoms with Crippen molar-refractivity contribution in [3.05, 3.63) is 89.5 Å². The third-order valence-corrected chi connectivity index (χ3v) is 5.70. The van der Waals surface area contributed by atoms with Crippen molar-refractivity contribution in [2.24, 2.45) is 0 Å². The number of hydrogen-bond acceptors (Lipinski definition) is 3. The van der Waals surface area contributed by atoms with Crippen molar-refractivity contribution in [2.45, 2.75) is 6.92 Å². The van der Waals surface area contributed by atoms with Crippen molar-refractivity contribution in [3.63, 3.8) is 0 Å². The Labute approximate surface area is 195 Å². The standard InChI is InChI=1S/C28H21N5O/c1-17(34)29-27-5-3-2-4-25(27)26-15-24-14-22-9-8-20(31-22)12-18-6-7-19(30-18)13-21-10-11-23(32-21)16-28(26)33-24/h2-16,30,33H,1H3,(H,29,34). The molecule has 0 radical (unpaired) electrons. The molecule has 0 fully saturated rings. The highest BCUT2D eigenvalue weighted by molar-refractivity contribution is 5.98. The van der Waals surface area contributed by atoms with Crippen molar-refractivity contribution in [1.82, 2.24) is 19.9 Å². The Hall–Kier alpha value is -4.71.